The van der Waals surface area contributed by atoms with Crippen LogP contribution in [-0.4, -0.2) is 18.0 Å². The molecule has 1 heterocycles. The van der Waals surface area contributed by atoms with Crippen LogP contribution in [-0.2, 0) is 6.54 Å². The van der Waals surface area contributed by atoms with Gasteiger partial charge in [0.15, 0.2) is 0 Å². The van der Waals surface area contributed by atoms with Gasteiger partial charge in [0.05, 0.1) is 19.2 Å². The summed E-state index contributed by atoms with van der Waals surface area (Å²) in [7, 11) is 1.42. The van der Waals surface area contributed by atoms with E-state index in [4.69, 9.17) is 4.74 Å². The average Bonchev–Trinajstić information content (AvgIpc) is 2.81. The van der Waals surface area contributed by atoms with Crippen LogP contribution in [0.25, 0.3) is 0 Å². The van der Waals surface area contributed by atoms with Gasteiger partial charge in [-0.1, -0.05) is 11.3 Å². The lowest BCUT2D eigenvalue weighted by Crippen LogP contribution is -2.24. The van der Waals surface area contributed by atoms with Crippen molar-refractivity contribution in [1.82, 2.24) is 10.3 Å². The van der Waals surface area contributed by atoms with Crippen LogP contribution < -0.4 is 14.9 Å². The third-order valence-electron chi connectivity index (χ3n) is 2.43. The minimum Gasteiger partial charge on any atom is -0.497 e. The van der Waals surface area contributed by atoms with E-state index in [9.17, 15) is 14.0 Å². The van der Waals surface area contributed by atoms with Crippen molar-refractivity contribution in [3.8, 4) is 5.75 Å². The van der Waals surface area contributed by atoms with Gasteiger partial charge in [-0.05, 0) is 12.1 Å². The highest BCUT2D eigenvalue weighted by Crippen LogP contribution is 2.16. The van der Waals surface area contributed by atoms with Gasteiger partial charge in [-0.3, -0.25) is 9.59 Å². The Labute approximate surface area is 112 Å². The molecule has 2 aromatic rings. The molecule has 0 radical (unpaired) electrons. The highest BCUT2D eigenvalue weighted by molar-refractivity contribution is 7.07. The zero-order valence-electron chi connectivity index (χ0n) is 10.0. The van der Waals surface area contributed by atoms with Gasteiger partial charge < -0.3 is 15.0 Å². The van der Waals surface area contributed by atoms with E-state index < -0.39 is 11.7 Å². The van der Waals surface area contributed by atoms with Crippen molar-refractivity contribution < 1.29 is 13.9 Å². The van der Waals surface area contributed by atoms with Crippen LogP contribution in [0.4, 0.5) is 4.39 Å². The number of halogens is 1. The van der Waals surface area contributed by atoms with Crippen LogP contribution in [0.2, 0.25) is 0 Å². The predicted molar refractivity (Wildman–Crippen MR) is 69.1 cm³/mol. The van der Waals surface area contributed by atoms with E-state index in [1.807, 2.05) is 0 Å². The monoisotopic (exact) mass is 282 g/mol. The molecule has 0 bridgehead atoms. The molecule has 0 aliphatic carbocycles. The Morgan fingerprint density at radius 2 is 2.32 bits per heavy atom. The average molecular weight is 282 g/mol. The lowest BCUT2D eigenvalue weighted by Gasteiger charge is -2.06. The van der Waals surface area contributed by atoms with E-state index in [1.54, 1.807) is 5.38 Å². The van der Waals surface area contributed by atoms with Crippen molar-refractivity contribution in [2.75, 3.05) is 7.11 Å². The minimum atomic E-state index is -0.657. The first kappa shape index (κ1) is 13.3. The number of hydrogen-bond acceptors (Lipinski definition) is 4. The lowest BCUT2D eigenvalue weighted by molar-refractivity contribution is 0.0946. The summed E-state index contributed by atoms with van der Waals surface area (Å²) in [5, 5.41) is 4.13. The Morgan fingerprint density at radius 1 is 1.53 bits per heavy atom. The molecule has 1 aromatic carbocycles. The summed E-state index contributed by atoms with van der Waals surface area (Å²) in [6, 6.07) is 3.99. The van der Waals surface area contributed by atoms with Crippen molar-refractivity contribution in [3.63, 3.8) is 0 Å². The minimum absolute atomic E-state index is 0.0709. The molecule has 0 aliphatic heterocycles. The number of aromatic amines is 1. The van der Waals surface area contributed by atoms with Crippen LogP contribution in [0.3, 0.4) is 0 Å². The summed E-state index contributed by atoms with van der Waals surface area (Å²) in [5.41, 5.74) is 0.510. The van der Waals surface area contributed by atoms with Gasteiger partial charge in [-0.15, -0.1) is 0 Å². The third kappa shape index (κ3) is 3.19. The molecule has 7 heteroatoms. The molecular weight excluding hydrogens is 271 g/mol. The van der Waals surface area contributed by atoms with Crippen LogP contribution in [0.15, 0.2) is 28.4 Å². The summed E-state index contributed by atoms with van der Waals surface area (Å²) in [5.74, 6) is -0.862. The molecule has 100 valence electrons. The summed E-state index contributed by atoms with van der Waals surface area (Å²) in [6.07, 6.45) is 0. The second-order valence-corrected chi connectivity index (χ2v) is 4.54. The molecule has 0 aliphatic rings. The van der Waals surface area contributed by atoms with Crippen LogP contribution >= 0.6 is 11.3 Å². The van der Waals surface area contributed by atoms with Crippen molar-refractivity contribution >= 4 is 17.2 Å². The molecule has 0 unspecified atom stereocenters. The van der Waals surface area contributed by atoms with E-state index in [-0.39, 0.29) is 17.0 Å². The maximum atomic E-state index is 13.6. The fraction of sp³-hybridized carbons (Fsp3) is 0.167. The van der Waals surface area contributed by atoms with Gasteiger partial charge in [0, 0.05) is 17.1 Å². The van der Waals surface area contributed by atoms with E-state index in [2.05, 4.69) is 10.3 Å². The van der Waals surface area contributed by atoms with E-state index in [0.29, 0.717) is 11.4 Å². The summed E-state index contributed by atoms with van der Waals surface area (Å²) >= 11 is 1.01. The first-order valence-electron chi connectivity index (χ1n) is 5.38. The number of benzene rings is 1. The van der Waals surface area contributed by atoms with E-state index >= 15 is 0 Å². The number of methoxy groups -OCH3 is 1. The summed E-state index contributed by atoms with van der Waals surface area (Å²) in [6.45, 7) is 0.142. The molecule has 2 N–H and O–H groups in total. The number of ether oxygens (including phenoxy) is 1. The van der Waals surface area contributed by atoms with Crippen LogP contribution in [0, 0.1) is 5.82 Å². The maximum absolute atomic E-state index is 13.6. The fourth-order valence-electron chi connectivity index (χ4n) is 1.48. The van der Waals surface area contributed by atoms with Crippen molar-refractivity contribution in [2.24, 2.45) is 0 Å². The highest BCUT2D eigenvalue weighted by atomic mass is 32.1. The molecule has 0 atom stereocenters. The van der Waals surface area contributed by atoms with E-state index in [1.165, 1.54) is 19.2 Å². The van der Waals surface area contributed by atoms with Crippen molar-refractivity contribution in [1.29, 1.82) is 0 Å². The lowest BCUT2D eigenvalue weighted by atomic mass is 10.2. The number of carbonyl (C=O) groups excluding carboxylic acids is 1. The van der Waals surface area contributed by atoms with Gasteiger partial charge in [0.1, 0.15) is 11.6 Å². The maximum Gasteiger partial charge on any atom is 0.304 e. The standard InChI is InChI=1S/C12H11FN2O3S/c1-18-8-2-3-9(10(13)4-8)11(16)14-5-7-6-19-12(17)15-7/h2-4,6H,5H2,1H3,(H,14,16)(H,15,17). The topological polar surface area (TPSA) is 71.2 Å². The van der Waals surface area contributed by atoms with Gasteiger partial charge in [0.2, 0.25) is 0 Å². The normalized spacial score (nSPS) is 10.2. The highest BCUT2D eigenvalue weighted by Gasteiger charge is 2.12. The Hall–Kier alpha value is -2.15. The first-order chi connectivity index (χ1) is 9.10. The molecule has 1 amide bonds. The van der Waals surface area contributed by atoms with Gasteiger partial charge in [0.25, 0.3) is 5.91 Å². The SMILES string of the molecule is COc1ccc(C(=O)NCc2csc(=O)[nH]2)c(F)c1. The number of thiazole rings is 1. The second kappa shape index (κ2) is 5.66. The van der Waals surface area contributed by atoms with Gasteiger partial charge in [-0.2, -0.15) is 0 Å². The second-order valence-electron chi connectivity index (χ2n) is 3.70. The third-order valence-corrected chi connectivity index (χ3v) is 3.15. The fourth-order valence-corrected chi connectivity index (χ4v) is 2.06. The number of nitrogens with one attached hydrogen (secondary N) is 2. The molecule has 0 spiro atoms. The predicted octanol–water partition coefficient (Wildman–Crippen LogP) is 1.51. The van der Waals surface area contributed by atoms with Crippen molar-refractivity contribution in [2.45, 2.75) is 6.54 Å². The zero-order valence-corrected chi connectivity index (χ0v) is 10.8. The van der Waals surface area contributed by atoms with Gasteiger partial charge in [-0.25, -0.2) is 4.39 Å². The molecule has 0 saturated carbocycles. The molecule has 5 nitrogen and oxygen atoms in total. The Balaban J connectivity index is 2.05. The number of rotatable bonds is 4. The molecule has 0 saturated heterocycles. The quantitative estimate of drug-likeness (QED) is 0.893. The Kier molecular flexibility index (Phi) is 3.96. The summed E-state index contributed by atoms with van der Waals surface area (Å²) in [4.78, 5) is 25.0. The molecule has 0 fully saturated rings. The van der Waals surface area contributed by atoms with E-state index in [0.717, 1.165) is 17.4 Å². The number of aromatic nitrogens is 1. The first-order valence-corrected chi connectivity index (χ1v) is 6.26. The smallest absolute Gasteiger partial charge is 0.304 e. The molecular formula is C12H11FN2O3S. The van der Waals surface area contributed by atoms with Crippen LogP contribution in [0.1, 0.15) is 16.1 Å². The van der Waals surface area contributed by atoms with Crippen LogP contribution in [0.5, 0.6) is 5.75 Å². The Bertz CT molecular complexity index is 650. The number of hydrogen-bond donors (Lipinski definition) is 2. The largest absolute Gasteiger partial charge is 0.497 e. The number of amides is 1. The molecule has 19 heavy (non-hydrogen) atoms. The van der Waals surface area contributed by atoms with Gasteiger partial charge >= 0.3 is 4.87 Å². The number of carbonyl (C=O) groups is 1. The Morgan fingerprint density at radius 3 is 2.89 bits per heavy atom. The van der Waals surface area contributed by atoms with Crippen molar-refractivity contribution in [3.05, 3.63) is 50.3 Å². The molecule has 2 rings (SSSR count). The molecule has 1 aromatic heterocycles. The summed E-state index contributed by atoms with van der Waals surface area (Å²) < 4.78 is 18.5. The zero-order chi connectivity index (χ0) is 13.8. The number of H-pyrrole nitrogens is 1.